The molecular formula is C31H38FN3O2. The summed E-state index contributed by atoms with van der Waals surface area (Å²) >= 11 is 0. The van der Waals surface area contributed by atoms with Gasteiger partial charge in [0.1, 0.15) is 5.82 Å². The van der Waals surface area contributed by atoms with Crippen molar-refractivity contribution in [2.75, 3.05) is 26.2 Å². The van der Waals surface area contributed by atoms with Crippen LogP contribution in [-0.2, 0) is 11.2 Å². The van der Waals surface area contributed by atoms with E-state index < -0.39 is 11.4 Å². The average Bonchev–Trinajstić information content (AvgIpc) is 3.67. The van der Waals surface area contributed by atoms with Crippen molar-refractivity contribution in [3.8, 4) is 6.07 Å². The molecule has 1 saturated heterocycles. The maximum atomic E-state index is 14.5. The first-order valence-electron chi connectivity index (χ1n) is 13.8. The van der Waals surface area contributed by atoms with Gasteiger partial charge in [0.2, 0.25) is 0 Å². The van der Waals surface area contributed by atoms with Crippen LogP contribution in [0.15, 0.2) is 48.5 Å². The molecule has 0 spiro atoms. The third-order valence-electron chi connectivity index (χ3n) is 9.30. The predicted octanol–water partition coefficient (Wildman–Crippen LogP) is 5.50. The fourth-order valence-electron chi connectivity index (χ4n) is 6.48. The lowest BCUT2D eigenvalue weighted by molar-refractivity contribution is -0.156. The van der Waals surface area contributed by atoms with Gasteiger partial charge in [-0.3, -0.25) is 4.79 Å². The third kappa shape index (κ3) is 5.89. The fraction of sp³-hybridized carbons (Fsp3) is 0.548. The van der Waals surface area contributed by atoms with Gasteiger partial charge in [-0.05, 0) is 93.1 Å². The summed E-state index contributed by atoms with van der Waals surface area (Å²) in [6.45, 7) is 3.47. The van der Waals surface area contributed by atoms with E-state index in [0.29, 0.717) is 36.1 Å². The van der Waals surface area contributed by atoms with Crippen LogP contribution in [0.2, 0.25) is 0 Å². The van der Waals surface area contributed by atoms with E-state index in [4.69, 9.17) is 5.26 Å². The summed E-state index contributed by atoms with van der Waals surface area (Å²) in [6, 6.07) is 18.0. The molecule has 1 heterocycles. The minimum Gasteiger partial charge on any atom is -0.481 e. The molecule has 196 valence electrons. The first-order chi connectivity index (χ1) is 17.9. The Labute approximate surface area is 219 Å². The molecule has 5 nitrogen and oxygen atoms in total. The number of rotatable bonds is 11. The molecule has 0 radical (unpaired) electrons. The Morgan fingerprint density at radius 3 is 2.51 bits per heavy atom. The van der Waals surface area contributed by atoms with Gasteiger partial charge in [-0.1, -0.05) is 42.8 Å². The van der Waals surface area contributed by atoms with Gasteiger partial charge in [-0.2, -0.15) is 5.26 Å². The van der Waals surface area contributed by atoms with Gasteiger partial charge < -0.3 is 15.3 Å². The molecule has 3 aliphatic rings. The van der Waals surface area contributed by atoms with Crippen molar-refractivity contribution in [1.29, 1.82) is 5.26 Å². The van der Waals surface area contributed by atoms with Crippen molar-refractivity contribution in [1.82, 2.24) is 10.2 Å². The first kappa shape index (κ1) is 25.9. The second-order valence-corrected chi connectivity index (χ2v) is 11.7. The standard InChI is InChI=1S/C31H38FN3O2/c32-27-18-23(20-33)9-10-25(27)8-4-11-30(21-34-28-19-26(28)24-6-2-1-3-7-24)14-16-35(17-15-30)22-31(29(36)37)12-5-13-31/h1-3,6-7,9-10,18,26,28,34H,4-5,8,11-17,19,21-22H2,(H,36,37)/t26?,28-/m1/s1. The Balaban J connectivity index is 1.20. The van der Waals surface area contributed by atoms with E-state index in [1.54, 1.807) is 12.1 Å². The van der Waals surface area contributed by atoms with Gasteiger partial charge in [0.15, 0.2) is 0 Å². The topological polar surface area (TPSA) is 76.4 Å². The molecule has 2 N–H and O–H groups in total. The summed E-state index contributed by atoms with van der Waals surface area (Å²) in [6.07, 6.45) is 8.43. The van der Waals surface area contributed by atoms with E-state index in [1.165, 1.54) is 18.1 Å². The highest BCUT2D eigenvalue weighted by Gasteiger charge is 2.47. The van der Waals surface area contributed by atoms with Crippen LogP contribution in [0, 0.1) is 28.0 Å². The number of nitrogens with one attached hydrogen (secondary N) is 1. The van der Waals surface area contributed by atoms with E-state index in [2.05, 4.69) is 40.5 Å². The molecule has 2 aromatic rings. The van der Waals surface area contributed by atoms with Crippen LogP contribution < -0.4 is 5.32 Å². The second-order valence-electron chi connectivity index (χ2n) is 11.7. The third-order valence-corrected chi connectivity index (χ3v) is 9.30. The normalized spacial score (nSPS) is 24.1. The van der Waals surface area contributed by atoms with Crippen LogP contribution in [0.5, 0.6) is 0 Å². The number of carbonyl (C=O) groups is 1. The molecule has 0 aromatic heterocycles. The number of aryl methyl sites for hydroxylation is 1. The van der Waals surface area contributed by atoms with Gasteiger partial charge >= 0.3 is 5.97 Å². The van der Waals surface area contributed by atoms with Gasteiger partial charge in [-0.15, -0.1) is 0 Å². The summed E-state index contributed by atoms with van der Waals surface area (Å²) in [5, 5.41) is 22.7. The van der Waals surface area contributed by atoms with Crippen LogP contribution in [0.3, 0.4) is 0 Å². The SMILES string of the molecule is N#Cc1ccc(CCCC2(CN[C@@H]3CC3c3ccccc3)CCN(CC3(C(=O)O)CCC3)CC2)c(F)c1. The molecule has 37 heavy (non-hydrogen) atoms. The molecule has 0 amide bonds. The Hall–Kier alpha value is -2.75. The molecule has 1 aliphatic heterocycles. The number of carboxylic acids is 1. The highest BCUT2D eigenvalue weighted by Crippen LogP contribution is 2.45. The van der Waals surface area contributed by atoms with E-state index in [0.717, 1.165) is 64.6 Å². The maximum Gasteiger partial charge on any atom is 0.310 e. The number of hydrogen-bond acceptors (Lipinski definition) is 4. The maximum absolute atomic E-state index is 14.5. The number of benzene rings is 2. The predicted molar refractivity (Wildman–Crippen MR) is 142 cm³/mol. The minimum absolute atomic E-state index is 0.138. The van der Waals surface area contributed by atoms with Crippen molar-refractivity contribution in [3.63, 3.8) is 0 Å². The van der Waals surface area contributed by atoms with Crippen LogP contribution in [-0.4, -0.2) is 48.2 Å². The van der Waals surface area contributed by atoms with Crippen molar-refractivity contribution >= 4 is 5.97 Å². The van der Waals surface area contributed by atoms with Crippen molar-refractivity contribution in [2.45, 2.75) is 69.7 Å². The monoisotopic (exact) mass is 503 g/mol. The highest BCUT2D eigenvalue weighted by atomic mass is 19.1. The number of aliphatic carboxylic acids is 1. The number of piperidine rings is 1. The quantitative estimate of drug-likeness (QED) is 0.423. The smallest absolute Gasteiger partial charge is 0.310 e. The number of hydrogen-bond donors (Lipinski definition) is 2. The minimum atomic E-state index is -0.637. The zero-order valence-corrected chi connectivity index (χ0v) is 21.6. The van der Waals surface area contributed by atoms with Crippen molar-refractivity contribution in [2.24, 2.45) is 10.8 Å². The zero-order chi connectivity index (χ0) is 25.9. The number of likely N-dealkylation sites (tertiary alicyclic amines) is 1. The summed E-state index contributed by atoms with van der Waals surface area (Å²) in [5.41, 5.74) is 2.04. The van der Waals surface area contributed by atoms with Crippen LogP contribution >= 0.6 is 0 Å². The number of nitriles is 1. The summed E-state index contributed by atoms with van der Waals surface area (Å²) in [7, 11) is 0. The van der Waals surface area contributed by atoms with Gasteiger partial charge in [0, 0.05) is 25.0 Å². The Bertz CT molecular complexity index is 1130. The lowest BCUT2D eigenvalue weighted by Crippen LogP contribution is -2.52. The van der Waals surface area contributed by atoms with E-state index >= 15 is 0 Å². The lowest BCUT2D eigenvalue weighted by Gasteiger charge is -2.47. The molecule has 3 fully saturated rings. The molecular weight excluding hydrogens is 465 g/mol. The van der Waals surface area contributed by atoms with Crippen molar-refractivity contribution < 1.29 is 14.3 Å². The van der Waals surface area contributed by atoms with Crippen LogP contribution in [0.25, 0.3) is 0 Å². The second kappa shape index (κ2) is 10.9. The first-order valence-corrected chi connectivity index (χ1v) is 13.8. The van der Waals surface area contributed by atoms with E-state index in [9.17, 15) is 14.3 Å². The van der Waals surface area contributed by atoms with E-state index in [-0.39, 0.29) is 11.2 Å². The highest BCUT2D eigenvalue weighted by molar-refractivity contribution is 5.76. The van der Waals surface area contributed by atoms with Gasteiger partial charge in [0.25, 0.3) is 0 Å². The molecule has 2 aromatic carbocycles. The Kier molecular flexibility index (Phi) is 7.65. The molecule has 2 atom stereocenters. The fourth-order valence-corrected chi connectivity index (χ4v) is 6.48. The molecule has 1 unspecified atom stereocenters. The lowest BCUT2D eigenvalue weighted by atomic mass is 9.67. The van der Waals surface area contributed by atoms with Gasteiger partial charge in [0.05, 0.1) is 17.0 Å². The molecule has 6 heteroatoms. The van der Waals surface area contributed by atoms with Crippen LogP contribution in [0.4, 0.5) is 4.39 Å². The van der Waals surface area contributed by atoms with Gasteiger partial charge in [-0.25, -0.2) is 4.39 Å². The molecule has 0 bridgehead atoms. The summed E-state index contributed by atoms with van der Waals surface area (Å²) in [5.74, 6) is -0.341. The van der Waals surface area contributed by atoms with Crippen LogP contribution in [0.1, 0.15) is 74.0 Å². The zero-order valence-electron chi connectivity index (χ0n) is 21.6. The number of carboxylic acid groups (broad SMARTS) is 1. The average molecular weight is 504 g/mol. The molecule has 2 saturated carbocycles. The number of halogens is 1. The summed E-state index contributed by atoms with van der Waals surface area (Å²) < 4.78 is 14.5. The van der Waals surface area contributed by atoms with E-state index in [1.807, 2.05) is 6.07 Å². The van der Waals surface area contributed by atoms with Crippen molar-refractivity contribution in [3.05, 3.63) is 71.0 Å². The summed E-state index contributed by atoms with van der Waals surface area (Å²) in [4.78, 5) is 14.3. The number of nitrogens with zero attached hydrogens (tertiary/aromatic N) is 2. The Morgan fingerprint density at radius 1 is 1.14 bits per heavy atom. The largest absolute Gasteiger partial charge is 0.481 e. The Morgan fingerprint density at radius 2 is 1.89 bits per heavy atom. The molecule has 2 aliphatic carbocycles. The molecule has 5 rings (SSSR count).